The minimum absolute atomic E-state index is 0.277. The van der Waals surface area contributed by atoms with Crippen LogP contribution in [0.5, 0.6) is 0 Å². The van der Waals surface area contributed by atoms with E-state index in [0.29, 0.717) is 32.2 Å². The Morgan fingerprint density at radius 1 is 1.20 bits per heavy atom. The Balaban J connectivity index is 2.48. The number of hydrogen-bond donors (Lipinski definition) is 1. The summed E-state index contributed by atoms with van der Waals surface area (Å²) in [6, 6.07) is 0. The van der Waals surface area contributed by atoms with Gasteiger partial charge in [0.1, 0.15) is 0 Å². The first-order valence-electron chi connectivity index (χ1n) is 7.62. The van der Waals surface area contributed by atoms with E-state index in [0.717, 1.165) is 25.7 Å². The third kappa shape index (κ3) is 4.74. The van der Waals surface area contributed by atoms with E-state index in [-0.39, 0.29) is 5.41 Å². The molecule has 1 N–H and O–H groups in total. The lowest BCUT2D eigenvalue weighted by Gasteiger charge is -2.41. The van der Waals surface area contributed by atoms with E-state index in [2.05, 4.69) is 20.8 Å². The molecule has 0 atom stereocenters. The Morgan fingerprint density at radius 3 is 2.25 bits per heavy atom. The Labute approximate surface area is 122 Å². The topological polar surface area (TPSA) is 55.8 Å². The van der Waals surface area contributed by atoms with Crippen molar-refractivity contribution in [2.75, 3.05) is 26.9 Å². The van der Waals surface area contributed by atoms with Gasteiger partial charge in [-0.1, -0.05) is 20.8 Å². The highest BCUT2D eigenvalue weighted by Crippen LogP contribution is 2.47. The van der Waals surface area contributed by atoms with Crippen LogP contribution in [-0.4, -0.2) is 38.0 Å². The lowest BCUT2D eigenvalue weighted by atomic mass is 9.63. The molecule has 0 aromatic rings. The van der Waals surface area contributed by atoms with E-state index in [9.17, 15) is 9.90 Å². The Bertz CT molecular complexity index is 298. The van der Waals surface area contributed by atoms with E-state index in [1.807, 2.05) is 0 Å². The molecule has 1 rings (SSSR count). The number of aliphatic carboxylic acids is 1. The van der Waals surface area contributed by atoms with Crippen LogP contribution in [0.2, 0.25) is 0 Å². The van der Waals surface area contributed by atoms with Gasteiger partial charge in [0.05, 0.1) is 18.6 Å². The summed E-state index contributed by atoms with van der Waals surface area (Å²) in [5.74, 6) is -0.0235. The third-order valence-corrected chi connectivity index (χ3v) is 4.78. The van der Waals surface area contributed by atoms with E-state index in [1.54, 1.807) is 7.11 Å². The summed E-state index contributed by atoms with van der Waals surface area (Å²) in [6.45, 7) is 8.36. The summed E-state index contributed by atoms with van der Waals surface area (Å²) >= 11 is 0. The van der Waals surface area contributed by atoms with Crippen LogP contribution in [0.4, 0.5) is 0 Å². The van der Waals surface area contributed by atoms with Gasteiger partial charge in [0.25, 0.3) is 0 Å². The average molecular weight is 286 g/mol. The van der Waals surface area contributed by atoms with Crippen LogP contribution >= 0.6 is 0 Å². The smallest absolute Gasteiger partial charge is 0.309 e. The molecule has 0 aliphatic heterocycles. The summed E-state index contributed by atoms with van der Waals surface area (Å²) in [7, 11) is 1.63. The molecule has 20 heavy (non-hydrogen) atoms. The molecule has 0 aromatic carbocycles. The number of carboxylic acid groups (broad SMARTS) is 1. The van der Waals surface area contributed by atoms with Gasteiger partial charge in [-0.3, -0.25) is 4.79 Å². The molecule has 1 saturated carbocycles. The number of carboxylic acids is 1. The molecule has 118 valence electrons. The first-order valence-corrected chi connectivity index (χ1v) is 7.62. The lowest BCUT2D eigenvalue weighted by Crippen LogP contribution is -2.39. The first kappa shape index (κ1) is 17.4. The Hall–Kier alpha value is -0.610. The van der Waals surface area contributed by atoms with Crippen molar-refractivity contribution >= 4 is 5.97 Å². The summed E-state index contributed by atoms with van der Waals surface area (Å²) in [5.41, 5.74) is -0.297. The van der Waals surface area contributed by atoms with E-state index in [4.69, 9.17) is 9.47 Å². The van der Waals surface area contributed by atoms with Crippen molar-refractivity contribution < 1.29 is 19.4 Å². The fraction of sp³-hybridized carbons (Fsp3) is 0.938. The van der Waals surface area contributed by atoms with Crippen LogP contribution in [0.3, 0.4) is 0 Å². The molecule has 1 aliphatic carbocycles. The van der Waals surface area contributed by atoms with E-state index >= 15 is 0 Å². The van der Waals surface area contributed by atoms with Crippen LogP contribution in [0.25, 0.3) is 0 Å². The number of methoxy groups -OCH3 is 1. The zero-order chi connectivity index (χ0) is 15.2. The number of rotatable bonds is 7. The molecule has 0 heterocycles. The van der Waals surface area contributed by atoms with Crippen molar-refractivity contribution in [2.45, 2.75) is 52.9 Å². The average Bonchev–Trinajstić information content (AvgIpc) is 2.37. The summed E-state index contributed by atoms with van der Waals surface area (Å²) < 4.78 is 10.4. The zero-order valence-electron chi connectivity index (χ0n) is 13.4. The highest BCUT2D eigenvalue weighted by atomic mass is 16.5. The molecule has 0 unspecified atom stereocenters. The Kier molecular flexibility index (Phi) is 6.46. The van der Waals surface area contributed by atoms with Crippen LogP contribution in [-0.2, 0) is 14.3 Å². The van der Waals surface area contributed by atoms with Crippen molar-refractivity contribution in [3.63, 3.8) is 0 Å². The quantitative estimate of drug-likeness (QED) is 0.729. The van der Waals surface area contributed by atoms with Crippen molar-refractivity contribution in [1.29, 1.82) is 0 Å². The molecule has 0 spiro atoms. The summed E-state index contributed by atoms with van der Waals surface area (Å²) in [6.07, 6.45) is 4.18. The van der Waals surface area contributed by atoms with Crippen molar-refractivity contribution in [2.24, 2.45) is 16.7 Å². The van der Waals surface area contributed by atoms with Crippen molar-refractivity contribution in [3.05, 3.63) is 0 Å². The molecule has 0 saturated heterocycles. The largest absolute Gasteiger partial charge is 0.481 e. The number of ether oxygens (including phenoxy) is 2. The molecule has 1 fully saturated rings. The molecule has 4 nitrogen and oxygen atoms in total. The lowest BCUT2D eigenvalue weighted by molar-refractivity contribution is -0.154. The highest BCUT2D eigenvalue weighted by Gasteiger charge is 2.43. The predicted molar refractivity (Wildman–Crippen MR) is 78.8 cm³/mol. The van der Waals surface area contributed by atoms with Crippen molar-refractivity contribution in [1.82, 2.24) is 0 Å². The maximum absolute atomic E-state index is 11.7. The molecule has 1 aliphatic rings. The van der Waals surface area contributed by atoms with Gasteiger partial charge >= 0.3 is 5.97 Å². The zero-order valence-corrected chi connectivity index (χ0v) is 13.4. The SMILES string of the molecule is COCCOCCC1(C(=O)O)CCC(C(C)(C)C)CC1. The van der Waals surface area contributed by atoms with Crippen LogP contribution < -0.4 is 0 Å². The monoisotopic (exact) mass is 286 g/mol. The van der Waals surface area contributed by atoms with Gasteiger partial charge in [-0.25, -0.2) is 0 Å². The van der Waals surface area contributed by atoms with E-state index < -0.39 is 11.4 Å². The van der Waals surface area contributed by atoms with Crippen molar-refractivity contribution in [3.8, 4) is 0 Å². The van der Waals surface area contributed by atoms with Gasteiger partial charge in [0, 0.05) is 13.7 Å². The molecule has 4 heteroatoms. The summed E-state index contributed by atoms with van der Waals surface area (Å²) in [4.78, 5) is 11.7. The van der Waals surface area contributed by atoms with Gasteiger partial charge < -0.3 is 14.6 Å². The second-order valence-electron chi connectivity index (χ2n) is 7.08. The van der Waals surface area contributed by atoms with Gasteiger partial charge in [-0.05, 0) is 43.4 Å². The van der Waals surface area contributed by atoms with E-state index in [1.165, 1.54) is 0 Å². The van der Waals surface area contributed by atoms with Crippen LogP contribution in [0.15, 0.2) is 0 Å². The fourth-order valence-electron chi connectivity index (χ4n) is 3.12. The van der Waals surface area contributed by atoms with Gasteiger partial charge in [0.2, 0.25) is 0 Å². The summed E-state index contributed by atoms with van der Waals surface area (Å²) in [5, 5.41) is 9.60. The molecule has 0 aromatic heterocycles. The van der Waals surface area contributed by atoms with Crippen LogP contribution in [0, 0.1) is 16.7 Å². The molecular formula is C16H30O4. The number of hydrogen-bond acceptors (Lipinski definition) is 3. The minimum atomic E-state index is -0.653. The van der Waals surface area contributed by atoms with Gasteiger partial charge in [0.15, 0.2) is 0 Å². The fourth-order valence-corrected chi connectivity index (χ4v) is 3.12. The second kappa shape index (κ2) is 7.41. The molecule has 0 radical (unpaired) electrons. The predicted octanol–water partition coefficient (Wildman–Crippen LogP) is 3.35. The minimum Gasteiger partial charge on any atom is -0.481 e. The maximum atomic E-state index is 11.7. The van der Waals surface area contributed by atoms with Gasteiger partial charge in [-0.15, -0.1) is 0 Å². The standard InChI is InChI=1S/C16H30O4/c1-15(2,3)13-5-7-16(8-6-13,14(17)18)9-10-20-12-11-19-4/h13H,5-12H2,1-4H3,(H,17,18). The first-order chi connectivity index (χ1) is 9.32. The third-order valence-electron chi connectivity index (χ3n) is 4.78. The Morgan fingerprint density at radius 2 is 1.80 bits per heavy atom. The number of carbonyl (C=O) groups is 1. The normalized spacial score (nSPS) is 27.5. The molecule has 0 amide bonds. The van der Waals surface area contributed by atoms with Crippen LogP contribution in [0.1, 0.15) is 52.9 Å². The molecular weight excluding hydrogens is 256 g/mol. The maximum Gasteiger partial charge on any atom is 0.309 e. The van der Waals surface area contributed by atoms with Gasteiger partial charge in [-0.2, -0.15) is 0 Å². The highest BCUT2D eigenvalue weighted by molar-refractivity contribution is 5.74. The second-order valence-corrected chi connectivity index (χ2v) is 7.08. The molecule has 0 bridgehead atoms.